The highest BCUT2D eigenvalue weighted by Gasteiger charge is 2.24. The summed E-state index contributed by atoms with van der Waals surface area (Å²) in [5.74, 6) is 2.45. The molecule has 0 fully saturated rings. The van der Waals surface area contributed by atoms with Crippen molar-refractivity contribution >= 4 is 28.8 Å². The van der Waals surface area contributed by atoms with Crippen molar-refractivity contribution in [1.82, 2.24) is 9.97 Å². The first-order chi connectivity index (χ1) is 14.5. The Hall–Kier alpha value is -3.39. The zero-order valence-electron chi connectivity index (χ0n) is 16.3. The standard InChI is InChI=1S/C21H20ClN5O3/c1-13-24-12-17-18(6-3-9-23-21(17)25-13)26-19-11-16(7-8-20(19)27(28)29)30-15-5-2-4-14(22)10-15/h2,4-5,7-8,10-12,18,26H,3,6,9H2,1H3,(H,23,24,25). The number of ether oxygens (including phenoxy) is 1. The number of nitrogens with one attached hydrogen (secondary N) is 2. The topological polar surface area (TPSA) is 102 Å². The van der Waals surface area contributed by atoms with Gasteiger partial charge in [-0.3, -0.25) is 10.1 Å². The third-order valence-corrected chi connectivity index (χ3v) is 5.04. The minimum absolute atomic E-state index is 0.0276. The van der Waals surface area contributed by atoms with Crippen LogP contribution in [0.1, 0.15) is 30.3 Å². The minimum Gasteiger partial charge on any atom is -0.457 e. The minimum atomic E-state index is -0.410. The highest BCUT2D eigenvalue weighted by molar-refractivity contribution is 6.30. The summed E-state index contributed by atoms with van der Waals surface area (Å²) < 4.78 is 5.85. The van der Waals surface area contributed by atoms with E-state index in [0.717, 1.165) is 30.8 Å². The Morgan fingerprint density at radius 2 is 2.10 bits per heavy atom. The highest BCUT2D eigenvalue weighted by atomic mass is 35.5. The summed E-state index contributed by atoms with van der Waals surface area (Å²) in [7, 11) is 0. The molecule has 1 atom stereocenters. The SMILES string of the molecule is Cc1ncc2c(n1)NCCCC2Nc1cc(Oc2cccc(Cl)c2)ccc1[N+](=O)[O-]. The Labute approximate surface area is 178 Å². The summed E-state index contributed by atoms with van der Waals surface area (Å²) in [6.07, 6.45) is 3.44. The van der Waals surface area contributed by atoms with Gasteiger partial charge in [0.15, 0.2) is 0 Å². The average molecular weight is 426 g/mol. The first kappa shape index (κ1) is 19.9. The number of nitrogens with zero attached hydrogens (tertiary/aromatic N) is 3. The molecule has 0 saturated carbocycles. The van der Waals surface area contributed by atoms with Crippen LogP contribution in [0, 0.1) is 17.0 Å². The lowest BCUT2D eigenvalue weighted by molar-refractivity contribution is -0.384. The van der Waals surface area contributed by atoms with Crippen LogP contribution in [0.2, 0.25) is 5.02 Å². The van der Waals surface area contributed by atoms with Crippen molar-refractivity contribution in [2.45, 2.75) is 25.8 Å². The zero-order valence-corrected chi connectivity index (χ0v) is 17.0. The van der Waals surface area contributed by atoms with E-state index in [-0.39, 0.29) is 11.7 Å². The van der Waals surface area contributed by atoms with Crippen LogP contribution in [-0.4, -0.2) is 21.4 Å². The molecule has 154 valence electrons. The number of nitro benzene ring substituents is 1. The van der Waals surface area contributed by atoms with E-state index in [2.05, 4.69) is 20.6 Å². The Kier molecular flexibility index (Phi) is 5.67. The predicted octanol–water partition coefficient (Wildman–Crippen LogP) is 5.50. The molecule has 0 amide bonds. The molecular formula is C21H20ClN5O3. The lowest BCUT2D eigenvalue weighted by atomic mass is 10.0. The smallest absolute Gasteiger partial charge is 0.292 e. The van der Waals surface area contributed by atoms with Crippen LogP contribution in [0.15, 0.2) is 48.7 Å². The van der Waals surface area contributed by atoms with Crippen LogP contribution in [-0.2, 0) is 0 Å². The van der Waals surface area contributed by atoms with Crippen molar-refractivity contribution in [2.75, 3.05) is 17.2 Å². The van der Waals surface area contributed by atoms with Crippen molar-refractivity contribution in [1.29, 1.82) is 0 Å². The molecular weight excluding hydrogens is 406 g/mol. The van der Waals surface area contributed by atoms with Gasteiger partial charge >= 0.3 is 0 Å². The second-order valence-corrected chi connectivity index (χ2v) is 7.42. The summed E-state index contributed by atoms with van der Waals surface area (Å²) in [4.78, 5) is 20.0. The van der Waals surface area contributed by atoms with Crippen LogP contribution in [0.4, 0.5) is 17.2 Å². The van der Waals surface area contributed by atoms with E-state index in [9.17, 15) is 10.1 Å². The van der Waals surface area contributed by atoms with Crippen LogP contribution in [0.5, 0.6) is 11.5 Å². The lowest BCUT2D eigenvalue weighted by Crippen LogP contribution is -2.13. The third kappa shape index (κ3) is 4.44. The van der Waals surface area contributed by atoms with E-state index in [0.29, 0.717) is 28.0 Å². The van der Waals surface area contributed by atoms with Gasteiger partial charge in [-0.05, 0) is 44.0 Å². The lowest BCUT2D eigenvalue weighted by Gasteiger charge is -2.20. The van der Waals surface area contributed by atoms with Gasteiger partial charge in [0.2, 0.25) is 0 Å². The Morgan fingerprint density at radius 3 is 2.90 bits per heavy atom. The molecule has 0 aliphatic carbocycles. The average Bonchev–Trinajstić information content (AvgIpc) is 2.90. The van der Waals surface area contributed by atoms with Gasteiger partial charge in [0.05, 0.1) is 11.0 Å². The van der Waals surface area contributed by atoms with E-state index >= 15 is 0 Å². The molecule has 2 N–H and O–H groups in total. The van der Waals surface area contributed by atoms with E-state index in [4.69, 9.17) is 16.3 Å². The molecule has 1 aliphatic heterocycles. The van der Waals surface area contributed by atoms with Crippen LogP contribution in [0.25, 0.3) is 0 Å². The Balaban J connectivity index is 1.66. The fourth-order valence-corrected chi connectivity index (χ4v) is 3.58. The highest BCUT2D eigenvalue weighted by Crippen LogP contribution is 2.37. The number of aryl methyl sites for hydroxylation is 1. The molecule has 0 saturated heterocycles. The molecule has 9 heteroatoms. The largest absolute Gasteiger partial charge is 0.457 e. The van der Waals surface area contributed by atoms with Gasteiger partial charge in [0.25, 0.3) is 5.69 Å². The van der Waals surface area contributed by atoms with E-state index in [1.807, 2.05) is 6.92 Å². The normalized spacial score (nSPS) is 15.5. The maximum absolute atomic E-state index is 11.6. The summed E-state index contributed by atoms with van der Waals surface area (Å²) >= 11 is 6.01. The van der Waals surface area contributed by atoms with E-state index in [1.165, 1.54) is 6.07 Å². The number of nitro groups is 1. The maximum atomic E-state index is 11.6. The summed E-state index contributed by atoms with van der Waals surface area (Å²) in [6.45, 7) is 2.61. The maximum Gasteiger partial charge on any atom is 0.292 e. The van der Waals surface area contributed by atoms with Crippen molar-refractivity contribution in [3.63, 3.8) is 0 Å². The monoisotopic (exact) mass is 425 g/mol. The molecule has 0 radical (unpaired) electrons. The second-order valence-electron chi connectivity index (χ2n) is 6.98. The Bertz CT molecular complexity index is 1090. The molecule has 2 heterocycles. The number of anilines is 2. The first-order valence-electron chi connectivity index (χ1n) is 9.55. The van der Waals surface area contributed by atoms with Gasteiger partial charge in [-0.2, -0.15) is 0 Å². The summed E-state index contributed by atoms with van der Waals surface area (Å²) in [5.41, 5.74) is 1.23. The number of hydrogen-bond donors (Lipinski definition) is 2. The predicted molar refractivity (Wildman–Crippen MR) is 115 cm³/mol. The van der Waals surface area contributed by atoms with Gasteiger partial charge in [-0.25, -0.2) is 9.97 Å². The van der Waals surface area contributed by atoms with Gasteiger partial charge in [0.1, 0.15) is 28.8 Å². The molecule has 0 bridgehead atoms. The van der Waals surface area contributed by atoms with Crippen molar-refractivity contribution in [3.8, 4) is 11.5 Å². The van der Waals surface area contributed by atoms with Crippen molar-refractivity contribution in [2.24, 2.45) is 0 Å². The van der Waals surface area contributed by atoms with Gasteiger partial charge in [0, 0.05) is 35.5 Å². The fourth-order valence-electron chi connectivity index (χ4n) is 3.40. The molecule has 2 aromatic carbocycles. The van der Waals surface area contributed by atoms with Crippen LogP contribution >= 0.6 is 11.6 Å². The molecule has 30 heavy (non-hydrogen) atoms. The quantitative estimate of drug-likeness (QED) is 0.411. The van der Waals surface area contributed by atoms with Gasteiger partial charge < -0.3 is 15.4 Å². The molecule has 1 aliphatic rings. The van der Waals surface area contributed by atoms with Gasteiger partial charge in [-0.1, -0.05) is 17.7 Å². The molecule has 8 nitrogen and oxygen atoms in total. The van der Waals surface area contributed by atoms with Crippen molar-refractivity contribution in [3.05, 3.63) is 75.2 Å². The molecule has 0 spiro atoms. The number of fused-ring (bicyclic) bond motifs is 1. The Morgan fingerprint density at radius 1 is 1.27 bits per heavy atom. The number of benzene rings is 2. The molecule has 3 aromatic rings. The zero-order chi connectivity index (χ0) is 21.1. The number of rotatable bonds is 5. The van der Waals surface area contributed by atoms with E-state index < -0.39 is 4.92 Å². The second kappa shape index (κ2) is 8.54. The number of aromatic nitrogens is 2. The van der Waals surface area contributed by atoms with Gasteiger partial charge in [-0.15, -0.1) is 0 Å². The van der Waals surface area contributed by atoms with E-state index in [1.54, 1.807) is 42.6 Å². The number of hydrogen-bond acceptors (Lipinski definition) is 7. The molecule has 4 rings (SSSR count). The summed E-state index contributed by atoms with van der Waals surface area (Å²) in [5, 5.41) is 18.8. The van der Waals surface area contributed by atoms with Crippen LogP contribution < -0.4 is 15.4 Å². The molecule has 1 unspecified atom stereocenters. The molecule has 1 aromatic heterocycles. The number of halogens is 1. The first-order valence-corrected chi connectivity index (χ1v) is 9.93. The summed E-state index contributed by atoms with van der Waals surface area (Å²) in [6, 6.07) is 11.4. The third-order valence-electron chi connectivity index (χ3n) is 4.80. The van der Waals surface area contributed by atoms with Crippen molar-refractivity contribution < 1.29 is 9.66 Å². The van der Waals surface area contributed by atoms with Crippen LogP contribution in [0.3, 0.4) is 0 Å². The fraction of sp³-hybridized carbons (Fsp3) is 0.238.